The molecule has 1 aromatic rings. The zero-order chi connectivity index (χ0) is 27.6. The first-order valence-corrected chi connectivity index (χ1v) is 12.9. The highest BCUT2D eigenvalue weighted by molar-refractivity contribution is 5.99. The molecule has 0 saturated carbocycles. The molecule has 1 fully saturated rings. The number of methoxy groups -OCH3 is 1. The van der Waals surface area contributed by atoms with Gasteiger partial charge in [0.1, 0.15) is 5.76 Å². The van der Waals surface area contributed by atoms with Crippen molar-refractivity contribution in [2.45, 2.75) is 84.6 Å². The second-order valence-corrected chi connectivity index (χ2v) is 12.4. The Morgan fingerprint density at radius 2 is 1.73 bits per heavy atom. The minimum atomic E-state index is -4.93. The van der Waals surface area contributed by atoms with Gasteiger partial charge in [-0.3, -0.25) is 14.9 Å². The summed E-state index contributed by atoms with van der Waals surface area (Å²) >= 11 is 0. The van der Waals surface area contributed by atoms with Crippen LogP contribution in [0.2, 0.25) is 0 Å². The lowest BCUT2D eigenvalue weighted by Gasteiger charge is -2.51. The molecular formula is C28H38F3N3O3. The molecule has 3 aliphatic rings. The molecule has 1 atom stereocenters. The van der Waals surface area contributed by atoms with Crippen LogP contribution in [0.3, 0.4) is 0 Å². The van der Waals surface area contributed by atoms with Gasteiger partial charge in [-0.15, -0.1) is 0 Å². The highest BCUT2D eigenvalue weighted by Crippen LogP contribution is 2.43. The average molecular weight is 522 g/mol. The average Bonchev–Trinajstić information content (AvgIpc) is 3.19. The number of carbonyl (C=O) groups is 2. The molecule has 204 valence electrons. The van der Waals surface area contributed by atoms with Crippen LogP contribution in [0.25, 0.3) is 0 Å². The summed E-state index contributed by atoms with van der Waals surface area (Å²) in [6, 6.07) is 2.92. The number of ether oxygens (including phenoxy) is 1. The Bertz CT molecular complexity index is 1160. The van der Waals surface area contributed by atoms with E-state index in [1.165, 1.54) is 16.2 Å². The molecule has 0 radical (unpaired) electrons. The van der Waals surface area contributed by atoms with Crippen molar-refractivity contribution in [3.63, 3.8) is 0 Å². The lowest BCUT2D eigenvalue weighted by molar-refractivity contribution is -0.129. The molecule has 9 heteroatoms. The van der Waals surface area contributed by atoms with Gasteiger partial charge >= 0.3 is 6.18 Å². The highest BCUT2D eigenvalue weighted by Gasteiger charge is 2.49. The predicted octanol–water partition coefficient (Wildman–Crippen LogP) is 5.35. The largest absolute Gasteiger partial charge is 0.497 e. The third-order valence-corrected chi connectivity index (χ3v) is 7.89. The van der Waals surface area contributed by atoms with Crippen LogP contribution in [0.4, 0.5) is 13.2 Å². The zero-order valence-electron chi connectivity index (χ0n) is 22.8. The van der Waals surface area contributed by atoms with Gasteiger partial charge in [0.15, 0.2) is 0 Å². The van der Waals surface area contributed by atoms with Gasteiger partial charge in [0.2, 0.25) is 5.91 Å². The van der Waals surface area contributed by atoms with Crippen LogP contribution in [0, 0.1) is 11.3 Å². The molecule has 2 aliphatic heterocycles. The van der Waals surface area contributed by atoms with E-state index in [1.54, 1.807) is 13.2 Å². The van der Waals surface area contributed by atoms with E-state index < -0.39 is 23.0 Å². The number of halogens is 3. The second-order valence-electron chi connectivity index (χ2n) is 12.4. The van der Waals surface area contributed by atoms with E-state index in [9.17, 15) is 22.8 Å². The van der Waals surface area contributed by atoms with Crippen molar-refractivity contribution in [2.24, 2.45) is 11.3 Å². The molecule has 0 bridgehead atoms. The Kier molecular flexibility index (Phi) is 6.71. The number of ketones is 1. The molecule has 37 heavy (non-hydrogen) atoms. The number of likely N-dealkylation sites (tertiary alicyclic amines) is 1. The molecule has 1 N–H and O–H groups in total. The minimum Gasteiger partial charge on any atom is -0.497 e. The summed E-state index contributed by atoms with van der Waals surface area (Å²) in [7, 11) is 1.63. The van der Waals surface area contributed by atoms with Gasteiger partial charge in [-0.2, -0.15) is 13.2 Å². The third kappa shape index (κ3) is 4.99. The number of hydrogen-bond acceptors (Lipinski definition) is 4. The van der Waals surface area contributed by atoms with E-state index in [1.807, 2.05) is 24.8 Å². The van der Waals surface area contributed by atoms with Crippen LogP contribution in [0.1, 0.15) is 77.0 Å². The van der Waals surface area contributed by atoms with Crippen molar-refractivity contribution in [2.75, 3.05) is 20.2 Å². The van der Waals surface area contributed by atoms with Crippen LogP contribution in [-0.2, 0) is 21.6 Å². The number of Topliss-reactive ketones (excluding diaryl/α,β-unsaturated/α-hetero) is 1. The maximum atomic E-state index is 13.5. The number of allylic oxidation sites excluding steroid dienone is 2. The molecule has 1 aliphatic carbocycles. The highest BCUT2D eigenvalue weighted by atomic mass is 19.4. The first kappa shape index (κ1) is 27.5. The molecule has 1 amide bonds. The number of nitrogens with one attached hydrogen (secondary N) is 1. The first-order valence-electron chi connectivity index (χ1n) is 12.9. The number of aromatic nitrogens is 1. The Balaban J connectivity index is 1.59. The smallest absolute Gasteiger partial charge is 0.456 e. The summed E-state index contributed by atoms with van der Waals surface area (Å²) in [5, 5.41) is 3.65. The molecule has 1 saturated heterocycles. The van der Waals surface area contributed by atoms with Crippen LogP contribution in [0.5, 0.6) is 0 Å². The zero-order valence-corrected chi connectivity index (χ0v) is 22.8. The number of hydrogen-bond donors (Lipinski definition) is 1. The predicted molar refractivity (Wildman–Crippen MR) is 135 cm³/mol. The molecule has 1 unspecified atom stereocenters. The fourth-order valence-corrected chi connectivity index (χ4v) is 6.62. The number of rotatable bonds is 3. The van der Waals surface area contributed by atoms with Crippen molar-refractivity contribution >= 4 is 11.7 Å². The van der Waals surface area contributed by atoms with Gasteiger partial charge < -0.3 is 14.2 Å². The van der Waals surface area contributed by atoms with E-state index in [2.05, 4.69) is 33.0 Å². The van der Waals surface area contributed by atoms with Gasteiger partial charge in [0.05, 0.1) is 18.3 Å². The molecule has 3 heterocycles. The quantitative estimate of drug-likeness (QED) is 0.545. The Morgan fingerprint density at radius 3 is 2.27 bits per heavy atom. The minimum absolute atomic E-state index is 0.0254. The van der Waals surface area contributed by atoms with E-state index in [0.717, 1.165) is 5.76 Å². The summed E-state index contributed by atoms with van der Waals surface area (Å²) in [5.41, 5.74) is 1.04. The summed E-state index contributed by atoms with van der Waals surface area (Å²) in [4.78, 5) is 27.5. The van der Waals surface area contributed by atoms with Gasteiger partial charge in [0.25, 0.3) is 5.78 Å². The fraction of sp³-hybridized carbons (Fsp3) is 0.643. The Hall–Kier alpha value is -2.55. The van der Waals surface area contributed by atoms with Crippen LogP contribution < -0.4 is 5.32 Å². The number of nitrogens with zero attached hydrogens (tertiary/aromatic N) is 2. The van der Waals surface area contributed by atoms with Crippen LogP contribution in [0.15, 0.2) is 35.1 Å². The number of piperidine rings is 1. The first-order chi connectivity index (χ1) is 17.0. The Labute approximate surface area is 216 Å². The standard InChI is InChI=1S/C28H38F3N3O3/c1-17-14-18(15-20(37-7)22(17)25(2,3)4)24(36)33-12-10-27(11-13-33)21-9-8-19(23(35)28(29,30)31)34(21)16-26(5,6)32-27/h8-9,15,17,32H,10-14,16H2,1-7H3. The van der Waals surface area contributed by atoms with E-state index in [4.69, 9.17) is 4.74 Å². The molecule has 4 rings (SSSR count). The van der Waals surface area contributed by atoms with Crippen molar-refractivity contribution in [3.8, 4) is 0 Å². The van der Waals surface area contributed by atoms with E-state index in [-0.39, 0.29) is 29.5 Å². The third-order valence-electron chi connectivity index (χ3n) is 7.89. The van der Waals surface area contributed by atoms with Crippen molar-refractivity contribution in [3.05, 3.63) is 46.5 Å². The van der Waals surface area contributed by atoms with Gasteiger partial charge in [-0.1, -0.05) is 27.7 Å². The summed E-state index contributed by atoms with van der Waals surface area (Å²) in [6.07, 6.45) is -1.35. The molecule has 0 aromatic carbocycles. The second kappa shape index (κ2) is 9.03. The van der Waals surface area contributed by atoms with E-state index in [0.29, 0.717) is 43.6 Å². The van der Waals surface area contributed by atoms with Gasteiger partial charge in [-0.05, 0) is 68.2 Å². The summed E-state index contributed by atoms with van der Waals surface area (Å²) in [5.74, 6) is -0.932. The van der Waals surface area contributed by atoms with Gasteiger partial charge in [0, 0.05) is 36.4 Å². The Morgan fingerprint density at radius 1 is 1.11 bits per heavy atom. The SMILES string of the molecule is COC1=C(C(C)(C)C)C(C)CC(C(=O)N2CCC3(CC2)NC(C)(C)Cn2c(C(=O)C(F)(F)F)ccc23)=C1. The summed E-state index contributed by atoms with van der Waals surface area (Å²) in [6.45, 7) is 13.6. The monoisotopic (exact) mass is 521 g/mol. The maximum absolute atomic E-state index is 13.5. The topological polar surface area (TPSA) is 63.6 Å². The van der Waals surface area contributed by atoms with Crippen molar-refractivity contribution in [1.82, 2.24) is 14.8 Å². The van der Waals surface area contributed by atoms with Crippen molar-refractivity contribution in [1.29, 1.82) is 0 Å². The van der Waals surface area contributed by atoms with Crippen molar-refractivity contribution < 1.29 is 27.5 Å². The number of amides is 1. The molecule has 1 aromatic heterocycles. The fourth-order valence-electron chi connectivity index (χ4n) is 6.62. The molecular weight excluding hydrogens is 483 g/mol. The molecule has 6 nitrogen and oxygen atoms in total. The normalized spacial score (nSPS) is 23.6. The maximum Gasteiger partial charge on any atom is 0.456 e. The number of carbonyl (C=O) groups excluding carboxylic acids is 2. The van der Waals surface area contributed by atoms with Crippen LogP contribution in [-0.4, -0.2) is 53.1 Å². The van der Waals surface area contributed by atoms with Gasteiger partial charge in [-0.25, -0.2) is 0 Å². The molecule has 1 spiro atoms. The summed E-state index contributed by atoms with van der Waals surface area (Å²) < 4.78 is 47.0. The number of fused-ring (bicyclic) bond motifs is 2. The lowest BCUT2D eigenvalue weighted by Crippen LogP contribution is -2.63. The number of alkyl halides is 3. The lowest BCUT2D eigenvalue weighted by atomic mass is 9.73. The van der Waals surface area contributed by atoms with E-state index >= 15 is 0 Å². The van der Waals surface area contributed by atoms with Crippen LogP contribution >= 0.6 is 0 Å².